The van der Waals surface area contributed by atoms with Crippen LogP contribution in [0.4, 0.5) is 0 Å². The van der Waals surface area contributed by atoms with Crippen molar-refractivity contribution < 1.29 is 9.90 Å². The molecule has 2 N–H and O–H groups in total. The first-order valence-corrected chi connectivity index (χ1v) is 7.43. The average Bonchev–Trinajstić information content (AvgIpc) is 3.04. The number of aromatic amines is 1. The molecule has 0 fully saturated rings. The molecule has 0 amide bonds. The zero-order valence-corrected chi connectivity index (χ0v) is 12.2. The van der Waals surface area contributed by atoms with E-state index in [0.717, 1.165) is 11.3 Å². The molecule has 0 saturated heterocycles. The molecule has 0 spiro atoms. The Bertz CT molecular complexity index is 873. The molecular weight excluding hydrogens is 288 g/mol. The first-order chi connectivity index (χ1) is 10.1. The summed E-state index contributed by atoms with van der Waals surface area (Å²) in [5.74, 6) is -0.999. The summed E-state index contributed by atoms with van der Waals surface area (Å²) in [5, 5.41) is 9.07. The summed E-state index contributed by atoms with van der Waals surface area (Å²) in [5.41, 5.74) is 1.22. The number of carboxylic acids is 1. The molecule has 21 heavy (non-hydrogen) atoms. The van der Waals surface area contributed by atoms with Crippen LogP contribution < -0.4 is 5.69 Å². The molecule has 3 aromatic rings. The highest BCUT2D eigenvalue weighted by Gasteiger charge is 2.11. The fourth-order valence-corrected chi connectivity index (χ4v) is 3.24. The van der Waals surface area contributed by atoms with Crippen LogP contribution in [0.15, 0.2) is 35.1 Å². The molecule has 2 aromatic heterocycles. The van der Waals surface area contributed by atoms with Gasteiger partial charge in [0.25, 0.3) is 0 Å². The first kappa shape index (κ1) is 13.6. The van der Waals surface area contributed by atoms with E-state index in [9.17, 15) is 9.59 Å². The highest BCUT2D eigenvalue weighted by molar-refractivity contribution is 7.11. The second-order valence-electron chi connectivity index (χ2n) is 4.77. The van der Waals surface area contributed by atoms with Crippen LogP contribution in [0.25, 0.3) is 11.0 Å². The van der Waals surface area contributed by atoms with Crippen molar-refractivity contribution in [2.45, 2.75) is 19.9 Å². The fraction of sp³-hybridized carbons (Fsp3) is 0.200. The largest absolute Gasteiger partial charge is 0.478 e. The Morgan fingerprint density at radius 2 is 2.05 bits per heavy atom. The van der Waals surface area contributed by atoms with Crippen LogP contribution in [0.5, 0.6) is 0 Å². The van der Waals surface area contributed by atoms with Gasteiger partial charge in [0.2, 0.25) is 0 Å². The van der Waals surface area contributed by atoms with Gasteiger partial charge in [0.15, 0.2) is 0 Å². The van der Waals surface area contributed by atoms with E-state index in [2.05, 4.69) is 18.0 Å². The summed E-state index contributed by atoms with van der Waals surface area (Å²) in [4.78, 5) is 28.2. The maximum Gasteiger partial charge on any atom is 0.335 e. The lowest BCUT2D eigenvalue weighted by atomic mass is 10.2. The van der Waals surface area contributed by atoms with Crippen molar-refractivity contribution in [3.63, 3.8) is 0 Å². The second-order valence-corrected chi connectivity index (χ2v) is 6.03. The third-order valence-electron chi connectivity index (χ3n) is 3.40. The number of aryl methyl sites for hydroxylation is 1. The molecule has 0 saturated carbocycles. The Hall–Kier alpha value is -2.34. The first-order valence-electron chi connectivity index (χ1n) is 6.62. The predicted molar refractivity (Wildman–Crippen MR) is 82.3 cm³/mol. The summed E-state index contributed by atoms with van der Waals surface area (Å²) in [6.45, 7) is 2.54. The normalized spacial score (nSPS) is 11.1. The van der Waals surface area contributed by atoms with Crippen molar-refractivity contribution >= 4 is 28.3 Å². The quantitative estimate of drug-likeness (QED) is 0.778. The molecule has 0 atom stereocenters. The fourth-order valence-electron chi connectivity index (χ4n) is 2.30. The van der Waals surface area contributed by atoms with E-state index < -0.39 is 5.97 Å². The zero-order valence-electron chi connectivity index (χ0n) is 11.4. The van der Waals surface area contributed by atoms with E-state index in [-0.39, 0.29) is 11.3 Å². The number of benzene rings is 1. The number of imidazole rings is 1. The molecule has 0 aliphatic carbocycles. The van der Waals surface area contributed by atoms with Gasteiger partial charge in [-0.05, 0) is 36.8 Å². The Morgan fingerprint density at radius 3 is 2.71 bits per heavy atom. The van der Waals surface area contributed by atoms with E-state index in [1.54, 1.807) is 22.0 Å². The number of hydrogen-bond donors (Lipinski definition) is 2. The lowest BCUT2D eigenvalue weighted by Gasteiger charge is -2.02. The van der Waals surface area contributed by atoms with Gasteiger partial charge in [-0.2, -0.15) is 0 Å². The molecule has 3 rings (SSSR count). The molecule has 2 heterocycles. The minimum Gasteiger partial charge on any atom is -0.478 e. The van der Waals surface area contributed by atoms with Crippen LogP contribution in [-0.4, -0.2) is 20.6 Å². The Balaban J connectivity index is 2.08. The molecule has 0 aliphatic heterocycles. The van der Waals surface area contributed by atoms with Gasteiger partial charge in [-0.1, -0.05) is 6.92 Å². The number of rotatable bonds is 4. The van der Waals surface area contributed by atoms with Crippen LogP contribution in [0, 0.1) is 0 Å². The van der Waals surface area contributed by atoms with Crippen molar-refractivity contribution in [3.05, 3.63) is 56.1 Å². The Kier molecular flexibility index (Phi) is 3.39. The molecule has 0 radical (unpaired) electrons. The van der Waals surface area contributed by atoms with Crippen molar-refractivity contribution in [2.24, 2.45) is 0 Å². The maximum absolute atomic E-state index is 12.1. The average molecular weight is 302 g/mol. The van der Waals surface area contributed by atoms with Crippen molar-refractivity contribution in [1.82, 2.24) is 9.55 Å². The number of thiophene rings is 1. The van der Waals surface area contributed by atoms with E-state index in [1.807, 2.05) is 6.07 Å². The maximum atomic E-state index is 12.1. The number of carboxylic acid groups (broad SMARTS) is 1. The highest BCUT2D eigenvalue weighted by Crippen LogP contribution is 2.20. The van der Waals surface area contributed by atoms with Gasteiger partial charge in [-0.25, -0.2) is 9.59 Å². The van der Waals surface area contributed by atoms with Gasteiger partial charge in [-0.15, -0.1) is 11.3 Å². The second kappa shape index (κ2) is 5.21. The van der Waals surface area contributed by atoms with E-state index >= 15 is 0 Å². The standard InChI is InChI=1S/C15H14N2O3S/c1-2-10-4-5-11(21-10)8-17-13-7-9(14(18)19)3-6-12(13)16-15(17)20/h3-7H,2,8H2,1H3,(H,16,20)(H,18,19). The molecule has 0 aliphatic rings. The SMILES string of the molecule is CCc1ccc(Cn2c(=O)[nH]c3ccc(C(=O)O)cc32)s1. The van der Waals surface area contributed by atoms with Crippen LogP contribution in [0.3, 0.4) is 0 Å². The van der Waals surface area contributed by atoms with Crippen molar-refractivity contribution in [3.8, 4) is 0 Å². The third-order valence-corrected chi connectivity index (χ3v) is 4.62. The van der Waals surface area contributed by atoms with Crippen LogP contribution in [-0.2, 0) is 13.0 Å². The van der Waals surface area contributed by atoms with E-state index in [1.165, 1.54) is 17.0 Å². The third kappa shape index (κ3) is 2.50. The number of carbonyl (C=O) groups is 1. The number of H-pyrrole nitrogens is 1. The van der Waals surface area contributed by atoms with Crippen LogP contribution >= 0.6 is 11.3 Å². The molecule has 0 bridgehead atoms. The van der Waals surface area contributed by atoms with Crippen LogP contribution in [0.2, 0.25) is 0 Å². The summed E-state index contributed by atoms with van der Waals surface area (Å²) in [6.07, 6.45) is 0.969. The van der Waals surface area contributed by atoms with Gasteiger partial charge in [0.05, 0.1) is 23.1 Å². The summed E-state index contributed by atoms with van der Waals surface area (Å²) < 4.78 is 1.58. The number of nitrogens with one attached hydrogen (secondary N) is 1. The smallest absolute Gasteiger partial charge is 0.335 e. The Labute approximate surface area is 124 Å². The lowest BCUT2D eigenvalue weighted by molar-refractivity contribution is 0.0697. The van der Waals surface area contributed by atoms with Gasteiger partial charge in [-0.3, -0.25) is 4.57 Å². The summed E-state index contributed by atoms with van der Waals surface area (Å²) in [6, 6.07) is 8.72. The molecule has 6 heteroatoms. The number of aromatic nitrogens is 2. The molecule has 0 unspecified atom stereocenters. The lowest BCUT2D eigenvalue weighted by Crippen LogP contribution is -2.16. The van der Waals surface area contributed by atoms with E-state index in [4.69, 9.17) is 5.11 Å². The molecule has 108 valence electrons. The molecule has 5 nitrogen and oxygen atoms in total. The zero-order chi connectivity index (χ0) is 15.0. The molecular formula is C15H14N2O3S. The van der Waals surface area contributed by atoms with E-state index in [0.29, 0.717) is 17.6 Å². The monoisotopic (exact) mass is 302 g/mol. The van der Waals surface area contributed by atoms with Gasteiger partial charge < -0.3 is 10.1 Å². The highest BCUT2D eigenvalue weighted by atomic mass is 32.1. The minimum absolute atomic E-state index is 0.177. The van der Waals surface area contributed by atoms with Gasteiger partial charge >= 0.3 is 11.7 Å². The van der Waals surface area contributed by atoms with Gasteiger partial charge in [0.1, 0.15) is 0 Å². The number of fused-ring (bicyclic) bond motifs is 1. The molecule has 1 aromatic carbocycles. The summed E-state index contributed by atoms with van der Waals surface area (Å²) >= 11 is 1.67. The Morgan fingerprint density at radius 1 is 1.29 bits per heavy atom. The number of aromatic carboxylic acids is 1. The summed E-state index contributed by atoms with van der Waals surface area (Å²) in [7, 11) is 0. The van der Waals surface area contributed by atoms with Crippen molar-refractivity contribution in [2.75, 3.05) is 0 Å². The number of nitrogens with zero attached hydrogens (tertiary/aromatic N) is 1. The van der Waals surface area contributed by atoms with Crippen molar-refractivity contribution in [1.29, 1.82) is 0 Å². The topological polar surface area (TPSA) is 75.1 Å². The van der Waals surface area contributed by atoms with Crippen LogP contribution in [0.1, 0.15) is 27.0 Å². The van der Waals surface area contributed by atoms with Gasteiger partial charge in [0, 0.05) is 9.75 Å². The minimum atomic E-state index is -0.999. The predicted octanol–water partition coefficient (Wildman–Crippen LogP) is 2.70. The number of hydrogen-bond acceptors (Lipinski definition) is 3.